The number of anilines is 3. The van der Waals surface area contributed by atoms with Crippen LogP contribution in [0, 0.1) is 0 Å². The molecule has 1 aromatic carbocycles. The van der Waals surface area contributed by atoms with Crippen LogP contribution in [-0.2, 0) is 0 Å². The first-order valence-corrected chi connectivity index (χ1v) is 5.87. The molecule has 1 heterocycles. The molecule has 88 valence electrons. The van der Waals surface area contributed by atoms with E-state index >= 15 is 0 Å². The average Bonchev–Trinajstić information content (AvgIpc) is 2.22. The van der Waals surface area contributed by atoms with E-state index in [9.17, 15) is 0 Å². The number of nitrogens with zero attached hydrogens (tertiary/aromatic N) is 2. The Labute approximate surface area is 107 Å². The zero-order valence-corrected chi connectivity index (χ0v) is 10.3. The van der Waals surface area contributed by atoms with Crippen LogP contribution in [0.1, 0.15) is 0 Å². The molecule has 0 spiro atoms. The van der Waals surface area contributed by atoms with Gasteiger partial charge in [0.2, 0.25) is 0 Å². The molecule has 0 radical (unpaired) electrons. The highest BCUT2D eigenvalue weighted by Crippen LogP contribution is 2.36. The molecule has 1 aromatic heterocycles. The van der Waals surface area contributed by atoms with Gasteiger partial charge < -0.3 is 17.2 Å². The van der Waals surface area contributed by atoms with Gasteiger partial charge in [-0.1, -0.05) is 17.7 Å². The first-order chi connectivity index (χ1) is 8.06. The Morgan fingerprint density at radius 2 is 1.71 bits per heavy atom. The third kappa shape index (κ3) is 2.72. The van der Waals surface area contributed by atoms with Crippen molar-refractivity contribution in [3.8, 4) is 0 Å². The highest BCUT2D eigenvalue weighted by atomic mass is 35.5. The Morgan fingerprint density at radius 1 is 1.06 bits per heavy atom. The van der Waals surface area contributed by atoms with Crippen molar-refractivity contribution in [1.82, 2.24) is 9.97 Å². The number of hydrogen-bond donors (Lipinski definition) is 3. The first-order valence-electron chi connectivity index (χ1n) is 4.68. The maximum Gasteiger partial charge on any atom is 0.196 e. The molecule has 0 bridgehead atoms. The number of rotatable bonds is 2. The second-order valence-electron chi connectivity index (χ2n) is 3.26. The van der Waals surface area contributed by atoms with Crippen LogP contribution in [0.25, 0.3) is 0 Å². The van der Waals surface area contributed by atoms with Crippen molar-refractivity contribution in [2.45, 2.75) is 10.1 Å². The standard InChI is InChI=1S/C10H10ClN5S/c11-5-2-1-3-6(12)9(5)17-10-15-7(13)4-8(14)16-10/h1-4H,12H2,(H4,13,14,15,16). The van der Waals surface area contributed by atoms with E-state index in [-0.39, 0.29) is 0 Å². The van der Waals surface area contributed by atoms with Crippen molar-refractivity contribution in [2.24, 2.45) is 0 Å². The number of aromatic nitrogens is 2. The molecule has 0 fully saturated rings. The zero-order valence-electron chi connectivity index (χ0n) is 8.72. The van der Waals surface area contributed by atoms with E-state index in [1.54, 1.807) is 18.2 Å². The van der Waals surface area contributed by atoms with Gasteiger partial charge in [0.25, 0.3) is 0 Å². The fraction of sp³-hybridized carbons (Fsp3) is 0. The van der Waals surface area contributed by atoms with Crippen LogP contribution in [0.5, 0.6) is 0 Å². The lowest BCUT2D eigenvalue weighted by Crippen LogP contribution is -1.99. The molecule has 0 saturated carbocycles. The SMILES string of the molecule is Nc1cc(N)nc(Sc2c(N)cccc2Cl)n1. The molecule has 2 rings (SSSR count). The second kappa shape index (κ2) is 4.68. The quantitative estimate of drug-likeness (QED) is 0.568. The Hall–Kier alpha value is -1.66. The lowest BCUT2D eigenvalue weighted by Gasteiger charge is -2.07. The van der Waals surface area contributed by atoms with Crippen LogP contribution in [0.15, 0.2) is 34.3 Å². The third-order valence-corrected chi connectivity index (χ3v) is 3.39. The molecule has 0 saturated heterocycles. The Morgan fingerprint density at radius 3 is 2.29 bits per heavy atom. The van der Waals surface area contributed by atoms with E-state index in [1.165, 1.54) is 17.8 Å². The summed E-state index contributed by atoms with van der Waals surface area (Å²) < 4.78 is 0. The molecule has 7 heteroatoms. The van der Waals surface area contributed by atoms with E-state index in [0.717, 1.165) is 0 Å². The first kappa shape index (κ1) is 11.8. The summed E-state index contributed by atoms with van der Waals surface area (Å²) in [6.45, 7) is 0. The lowest BCUT2D eigenvalue weighted by molar-refractivity contribution is 0.985. The summed E-state index contributed by atoms with van der Waals surface area (Å²) >= 11 is 7.27. The smallest absolute Gasteiger partial charge is 0.196 e. The summed E-state index contributed by atoms with van der Waals surface area (Å²) in [5, 5.41) is 0.960. The molecular weight excluding hydrogens is 258 g/mol. The van der Waals surface area contributed by atoms with Crippen LogP contribution in [0.2, 0.25) is 5.02 Å². The Bertz CT molecular complexity index is 520. The molecule has 2 aromatic rings. The van der Waals surface area contributed by atoms with Crippen molar-refractivity contribution in [3.05, 3.63) is 29.3 Å². The number of nitrogen functional groups attached to an aromatic ring is 3. The van der Waals surface area contributed by atoms with Crippen LogP contribution >= 0.6 is 23.4 Å². The van der Waals surface area contributed by atoms with Crippen LogP contribution in [-0.4, -0.2) is 9.97 Å². The predicted molar refractivity (Wildman–Crippen MR) is 70.8 cm³/mol. The molecule has 17 heavy (non-hydrogen) atoms. The van der Waals surface area contributed by atoms with Gasteiger partial charge in [0, 0.05) is 11.8 Å². The number of nitrogens with two attached hydrogens (primary N) is 3. The van der Waals surface area contributed by atoms with Gasteiger partial charge in [0.15, 0.2) is 5.16 Å². The van der Waals surface area contributed by atoms with Crippen molar-refractivity contribution in [3.63, 3.8) is 0 Å². The Kier molecular flexibility index (Phi) is 3.26. The van der Waals surface area contributed by atoms with Gasteiger partial charge in [-0.2, -0.15) is 0 Å². The van der Waals surface area contributed by atoms with Gasteiger partial charge in [0.05, 0.1) is 9.92 Å². The summed E-state index contributed by atoms with van der Waals surface area (Å²) in [6.07, 6.45) is 0. The highest BCUT2D eigenvalue weighted by Gasteiger charge is 2.09. The molecule has 0 aliphatic carbocycles. The topological polar surface area (TPSA) is 104 Å². The summed E-state index contributed by atoms with van der Waals surface area (Å²) in [4.78, 5) is 8.79. The molecule has 0 aliphatic rings. The van der Waals surface area contributed by atoms with E-state index in [2.05, 4.69) is 9.97 Å². The van der Waals surface area contributed by atoms with Crippen LogP contribution in [0.4, 0.5) is 17.3 Å². The summed E-state index contributed by atoms with van der Waals surface area (Å²) in [5.41, 5.74) is 17.5. The Balaban J connectivity index is 2.38. The maximum absolute atomic E-state index is 6.04. The van der Waals surface area contributed by atoms with E-state index in [1.807, 2.05) is 0 Å². The summed E-state index contributed by atoms with van der Waals surface area (Å²) in [7, 11) is 0. The second-order valence-corrected chi connectivity index (χ2v) is 4.65. The lowest BCUT2D eigenvalue weighted by atomic mass is 10.3. The molecule has 0 unspecified atom stereocenters. The van der Waals surface area contributed by atoms with E-state index < -0.39 is 0 Å². The fourth-order valence-corrected chi connectivity index (χ4v) is 2.37. The van der Waals surface area contributed by atoms with Gasteiger partial charge in [-0.25, -0.2) is 9.97 Å². The molecule has 0 aliphatic heterocycles. The van der Waals surface area contributed by atoms with Crippen molar-refractivity contribution in [1.29, 1.82) is 0 Å². The minimum Gasteiger partial charge on any atom is -0.398 e. The largest absolute Gasteiger partial charge is 0.398 e. The summed E-state index contributed by atoms with van der Waals surface area (Å²) in [5.74, 6) is 0.622. The summed E-state index contributed by atoms with van der Waals surface area (Å²) in [6, 6.07) is 6.76. The third-order valence-electron chi connectivity index (χ3n) is 1.94. The zero-order chi connectivity index (χ0) is 12.4. The molecule has 0 atom stereocenters. The number of benzene rings is 1. The van der Waals surface area contributed by atoms with Crippen LogP contribution < -0.4 is 17.2 Å². The van der Waals surface area contributed by atoms with E-state index in [4.69, 9.17) is 28.8 Å². The van der Waals surface area contributed by atoms with Crippen LogP contribution in [0.3, 0.4) is 0 Å². The normalized spacial score (nSPS) is 10.4. The fourth-order valence-electron chi connectivity index (χ4n) is 1.23. The molecule has 5 nitrogen and oxygen atoms in total. The van der Waals surface area contributed by atoms with Gasteiger partial charge in [-0.3, -0.25) is 0 Å². The highest BCUT2D eigenvalue weighted by molar-refractivity contribution is 7.99. The van der Waals surface area contributed by atoms with Gasteiger partial charge >= 0.3 is 0 Å². The number of halogens is 1. The van der Waals surface area contributed by atoms with Crippen molar-refractivity contribution in [2.75, 3.05) is 17.2 Å². The molecular formula is C10H10ClN5S. The van der Waals surface area contributed by atoms with E-state index in [0.29, 0.717) is 32.4 Å². The minimum atomic E-state index is 0.311. The molecule has 6 N–H and O–H groups in total. The number of hydrogen-bond acceptors (Lipinski definition) is 6. The maximum atomic E-state index is 6.04. The van der Waals surface area contributed by atoms with Crippen molar-refractivity contribution < 1.29 is 0 Å². The molecule has 0 amide bonds. The van der Waals surface area contributed by atoms with Gasteiger partial charge in [-0.15, -0.1) is 0 Å². The predicted octanol–water partition coefficient (Wildman–Crippen LogP) is 2.03. The van der Waals surface area contributed by atoms with Gasteiger partial charge in [-0.05, 0) is 23.9 Å². The average molecular weight is 268 g/mol. The monoisotopic (exact) mass is 267 g/mol. The van der Waals surface area contributed by atoms with Gasteiger partial charge in [0.1, 0.15) is 11.6 Å². The minimum absolute atomic E-state index is 0.311. The van der Waals surface area contributed by atoms with Crippen molar-refractivity contribution >= 4 is 40.7 Å².